The molecule has 10 heavy (non-hydrogen) atoms. The van der Waals surface area contributed by atoms with Crippen molar-refractivity contribution >= 4 is 11.6 Å². The summed E-state index contributed by atoms with van der Waals surface area (Å²) in [4.78, 5) is 3.82. The van der Waals surface area contributed by atoms with Crippen LogP contribution in [0.25, 0.3) is 0 Å². The molecule has 0 radical (unpaired) electrons. The Bertz CT molecular complexity index is 265. The van der Waals surface area contributed by atoms with Gasteiger partial charge in [-0.2, -0.15) is 5.26 Å². The van der Waals surface area contributed by atoms with E-state index >= 15 is 0 Å². The van der Waals surface area contributed by atoms with Gasteiger partial charge in [0.15, 0.2) is 0 Å². The Kier molecular flexibility index (Phi) is 2.24. The van der Waals surface area contributed by atoms with Crippen LogP contribution < -0.4 is 0 Å². The van der Waals surface area contributed by atoms with Gasteiger partial charge in [0, 0.05) is 11.8 Å². The number of nitrogens with zero attached hydrogens (tertiary/aromatic N) is 2. The predicted molar refractivity (Wildman–Crippen MR) is 38.5 cm³/mol. The number of rotatable bonds is 1. The zero-order chi connectivity index (χ0) is 7.40. The fourth-order valence-electron chi connectivity index (χ4n) is 0.647. The lowest BCUT2D eigenvalue weighted by atomic mass is 10.2. The summed E-state index contributed by atoms with van der Waals surface area (Å²) in [5.41, 5.74) is 1.20. The van der Waals surface area contributed by atoms with E-state index < -0.39 is 0 Å². The molecule has 0 bridgehead atoms. The highest BCUT2D eigenvalue weighted by atomic mass is 35.5. The summed E-state index contributed by atoms with van der Waals surface area (Å²) >= 11 is 5.52. The zero-order valence-corrected chi connectivity index (χ0v) is 5.97. The molecule has 3 heteroatoms. The molecule has 1 rings (SSSR count). The van der Waals surface area contributed by atoms with E-state index in [0.29, 0.717) is 11.6 Å². The van der Waals surface area contributed by atoms with Crippen LogP contribution >= 0.6 is 11.6 Å². The van der Waals surface area contributed by atoms with Crippen molar-refractivity contribution in [3.8, 4) is 6.07 Å². The maximum atomic E-state index is 8.48. The number of nitriles is 1. The molecule has 0 atom stereocenters. The number of hydrogen-bond acceptors (Lipinski definition) is 2. The predicted octanol–water partition coefficient (Wildman–Crippen LogP) is 1.69. The number of hydrogen-bond donors (Lipinski definition) is 0. The lowest BCUT2D eigenvalue weighted by molar-refractivity contribution is 1.19. The van der Waals surface area contributed by atoms with E-state index in [9.17, 15) is 0 Å². The Balaban J connectivity index is 3.12. The van der Waals surface area contributed by atoms with Crippen LogP contribution in [0.15, 0.2) is 18.3 Å². The van der Waals surface area contributed by atoms with Crippen LogP contribution in [0.4, 0.5) is 0 Å². The summed E-state index contributed by atoms with van der Waals surface area (Å²) in [5, 5.41) is 8.48. The van der Waals surface area contributed by atoms with Crippen LogP contribution in [-0.2, 0) is 5.88 Å². The first kappa shape index (κ1) is 7.04. The van der Waals surface area contributed by atoms with Crippen LogP contribution in [-0.4, -0.2) is 4.98 Å². The summed E-state index contributed by atoms with van der Waals surface area (Å²) in [6.45, 7) is 0. The lowest BCUT2D eigenvalue weighted by Crippen LogP contribution is -1.87. The molecular formula is C7H5ClN2. The third kappa shape index (κ3) is 1.26. The van der Waals surface area contributed by atoms with Crippen molar-refractivity contribution in [2.75, 3.05) is 0 Å². The first-order valence-corrected chi connectivity index (χ1v) is 3.32. The van der Waals surface area contributed by atoms with Gasteiger partial charge in [-0.05, 0) is 6.07 Å². The minimum Gasteiger partial charge on any atom is -0.245 e. The van der Waals surface area contributed by atoms with Crippen LogP contribution in [0.1, 0.15) is 11.3 Å². The first-order valence-electron chi connectivity index (χ1n) is 2.78. The molecule has 0 aliphatic heterocycles. The normalized spacial score (nSPS) is 8.80. The van der Waals surface area contributed by atoms with Crippen LogP contribution in [0, 0.1) is 11.3 Å². The molecule has 0 N–H and O–H groups in total. The van der Waals surface area contributed by atoms with Gasteiger partial charge < -0.3 is 0 Å². The Morgan fingerprint density at radius 2 is 2.50 bits per heavy atom. The van der Waals surface area contributed by atoms with Gasteiger partial charge in [0.25, 0.3) is 0 Å². The molecule has 0 aliphatic rings. The highest BCUT2D eigenvalue weighted by molar-refractivity contribution is 6.17. The van der Waals surface area contributed by atoms with Crippen molar-refractivity contribution in [1.29, 1.82) is 5.26 Å². The summed E-state index contributed by atoms with van der Waals surface area (Å²) < 4.78 is 0. The number of alkyl halides is 1. The number of aromatic nitrogens is 1. The van der Waals surface area contributed by atoms with Gasteiger partial charge in [0.05, 0.1) is 5.88 Å². The lowest BCUT2D eigenvalue weighted by Gasteiger charge is -1.93. The van der Waals surface area contributed by atoms with Crippen molar-refractivity contribution in [3.63, 3.8) is 0 Å². The van der Waals surface area contributed by atoms with Crippen molar-refractivity contribution in [1.82, 2.24) is 4.98 Å². The zero-order valence-electron chi connectivity index (χ0n) is 5.21. The molecule has 0 aromatic carbocycles. The van der Waals surface area contributed by atoms with Crippen molar-refractivity contribution in [2.24, 2.45) is 0 Å². The highest BCUT2D eigenvalue weighted by Gasteiger charge is 1.97. The Hall–Kier alpha value is -1.07. The van der Waals surface area contributed by atoms with Gasteiger partial charge in [-0.15, -0.1) is 11.6 Å². The van der Waals surface area contributed by atoms with E-state index in [0.717, 1.165) is 5.56 Å². The average Bonchev–Trinajstić information content (AvgIpc) is 2.04. The van der Waals surface area contributed by atoms with Gasteiger partial charge >= 0.3 is 0 Å². The van der Waals surface area contributed by atoms with Crippen molar-refractivity contribution in [2.45, 2.75) is 5.88 Å². The van der Waals surface area contributed by atoms with Crippen LogP contribution in [0.5, 0.6) is 0 Å². The van der Waals surface area contributed by atoms with Crippen molar-refractivity contribution < 1.29 is 0 Å². The van der Waals surface area contributed by atoms with Crippen LogP contribution in [0.2, 0.25) is 0 Å². The van der Waals surface area contributed by atoms with Gasteiger partial charge in [-0.1, -0.05) is 6.07 Å². The fraction of sp³-hybridized carbons (Fsp3) is 0.143. The van der Waals surface area contributed by atoms with Gasteiger partial charge in [0.2, 0.25) is 0 Å². The fourth-order valence-corrected chi connectivity index (χ4v) is 0.863. The third-order valence-electron chi connectivity index (χ3n) is 1.14. The molecule has 0 saturated carbocycles. The molecule has 0 fully saturated rings. The standard InChI is InChI=1S/C7H5ClN2/c8-4-6-2-1-3-10-7(6)5-9/h1-3H,4H2. The third-order valence-corrected chi connectivity index (χ3v) is 1.43. The van der Waals surface area contributed by atoms with Crippen molar-refractivity contribution in [3.05, 3.63) is 29.6 Å². The second-order valence-electron chi connectivity index (χ2n) is 1.76. The second-order valence-corrected chi connectivity index (χ2v) is 2.02. The first-order chi connectivity index (χ1) is 4.88. The Morgan fingerprint density at radius 3 is 3.00 bits per heavy atom. The minimum absolute atomic E-state index is 0.344. The topological polar surface area (TPSA) is 36.7 Å². The number of halogens is 1. The molecular weight excluding hydrogens is 148 g/mol. The summed E-state index contributed by atoms with van der Waals surface area (Å²) in [6.07, 6.45) is 1.58. The SMILES string of the molecule is N#Cc1ncccc1CCl. The molecule has 0 amide bonds. The van der Waals surface area contributed by atoms with Gasteiger partial charge in [-0.25, -0.2) is 4.98 Å². The quantitative estimate of drug-likeness (QED) is 0.575. The molecule has 1 aromatic heterocycles. The maximum Gasteiger partial charge on any atom is 0.144 e. The molecule has 1 aromatic rings. The molecule has 0 aliphatic carbocycles. The monoisotopic (exact) mass is 152 g/mol. The van der Waals surface area contributed by atoms with Gasteiger partial charge in [-0.3, -0.25) is 0 Å². The molecule has 0 unspecified atom stereocenters. The van der Waals surface area contributed by atoms with E-state index in [1.54, 1.807) is 18.3 Å². The summed E-state index contributed by atoms with van der Waals surface area (Å²) in [7, 11) is 0. The van der Waals surface area contributed by atoms with E-state index in [-0.39, 0.29) is 0 Å². The van der Waals surface area contributed by atoms with E-state index in [1.807, 2.05) is 6.07 Å². The molecule has 50 valence electrons. The highest BCUT2D eigenvalue weighted by Crippen LogP contribution is 2.05. The van der Waals surface area contributed by atoms with Crippen LogP contribution in [0.3, 0.4) is 0 Å². The maximum absolute atomic E-state index is 8.48. The largest absolute Gasteiger partial charge is 0.245 e. The van der Waals surface area contributed by atoms with E-state index in [1.165, 1.54) is 0 Å². The molecule has 0 saturated heterocycles. The molecule has 2 nitrogen and oxygen atoms in total. The number of pyridine rings is 1. The second kappa shape index (κ2) is 3.19. The average molecular weight is 153 g/mol. The Labute approximate surface area is 64.1 Å². The van der Waals surface area contributed by atoms with E-state index in [4.69, 9.17) is 16.9 Å². The minimum atomic E-state index is 0.344. The van der Waals surface area contributed by atoms with E-state index in [2.05, 4.69) is 4.98 Å². The summed E-state index contributed by atoms with van der Waals surface area (Å²) in [5.74, 6) is 0.344. The van der Waals surface area contributed by atoms with Gasteiger partial charge in [0.1, 0.15) is 11.8 Å². The Morgan fingerprint density at radius 1 is 1.70 bits per heavy atom. The molecule has 0 spiro atoms. The smallest absolute Gasteiger partial charge is 0.144 e. The molecule has 1 heterocycles. The summed E-state index contributed by atoms with van der Waals surface area (Å²) in [6, 6.07) is 5.50.